The van der Waals surface area contributed by atoms with Crippen molar-refractivity contribution < 1.29 is 9.59 Å². The molecule has 1 heterocycles. The van der Waals surface area contributed by atoms with Crippen LogP contribution < -0.4 is 11.1 Å². The smallest absolute Gasteiger partial charge is 0.244 e. The Morgan fingerprint density at radius 2 is 1.73 bits per heavy atom. The van der Waals surface area contributed by atoms with E-state index < -0.39 is 12.1 Å². The number of halogens is 1. The van der Waals surface area contributed by atoms with Gasteiger partial charge in [0.05, 0.1) is 0 Å². The van der Waals surface area contributed by atoms with Gasteiger partial charge in [-0.05, 0) is 31.7 Å². The van der Waals surface area contributed by atoms with Crippen molar-refractivity contribution in [3.8, 4) is 0 Å². The maximum atomic E-state index is 12.3. The van der Waals surface area contributed by atoms with Gasteiger partial charge in [-0.15, -0.1) is 12.4 Å². The van der Waals surface area contributed by atoms with Gasteiger partial charge < -0.3 is 16.0 Å². The van der Waals surface area contributed by atoms with E-state index in [9.17, 15) is 9.59 Å². The number of nitrogens with zero attached hydrogens (tertiary/aromatic N) is 1. The fraction of sp³-hybridized carbons (Fsp3) is 0.500. The molecule has 1 aromatic rings. The van der Waals surface area contributed by atoms with Gasteiger partial charge in [0.2, 0.25) is 11.8 Å². The van der Waals surface area contributed by atoms with Crippen molar-refractivity contribution in [1.82, 2.24) is 10.2 Å². The summed E-state index contributed by atoms with van der Waals surface area (Å²) in [5.41, 5.74) is 6.67. The van der Waals surface area contributed by atoms with Crippen LogP contribution in [0.5, 0.6) is 0 Å². The molecule has 0 saturated carbocycles. The number of likely N-dealkylation sites (tertiary alicyclic amines) is 1. The van der Waals surface area contributed by atoms with E-state index in [-0.39, 0.29) is 24.2 Å². The number of nitrogens with one attached hydrogen (secondary N) is 1. The van der Waals surface area contributed by atoms with Gasteiger partial charge in [-0.1, -0.05) is 30.3 Å². The molecule has 0 radical (unpaired) electrons. The molecule has 1 aliphatic heterocycles. The van der Waals surface area contributed by atoms with E-state index in [0.717, 1.165) is 31.5 Å². The third-order valence-corrected chi connectivity index (χ3v) is 3.84. The van der Waals surface area contributed by atoms with E-state index in [2.05, 4.69) is 5.32 Å². The number of carbonyl (C=O) groups excluding carboxylic acids is 2. The van der Waals surface area contributed by atoms with Crippen molar-refractivity contribution in [2.24, 2.45) is 5.73 Å². The number of benzene rings is 1. The molecule has 3 N–H and O–H groups in total. The molecule has 0 aliphatic carbocycles. The van der Waals surface area contributed by atoms with Crippen LogP contribution in [0.3, 0.4) is 0 Å². The number of hydrogen-bond donors (Lipinski definition) is 2. The summed E-state index contributed by atoms with van der Waals surface area (Å²) < 4.78 is 0. The average molecular weight is 326 g/mol. The fourth-order valence-corrected chi connectivity index (χ4v) is 2.56. The monoisotopic (exact) mass is 325 g/mol. The predicted octanol–water partition coefficient (Wildman–Crippen LogP) is 1.63. The minimum Gasteiger partial charge on any atom is -0.343 e. The zero-order valence-corrected chi connectivity index (χ0v) is 13.6. The molecule has 1 saturated heterocycles. The van der Waals surface area contributed by atoms with Crippen molar-refractivity contribution in [2.45, 2.75) is 38.3 Å². The zero-order chi connectivity index (χ0) is 15.2. The Bertz CT molecular complexity index is 489. The van der Waals surface area contributed by atoms with Crippen LogP contribution in [-0.2, 0) is 9.59 Å². The summed E-state index contributed by atoms with van der Waals surface area (Å²) >= 11 is 0. The largest absolute Gasteiger partial charge is 0.343 e. The summed E-state index contributed by atoms with van der Waals surface area (Å²) in [4.78, 5) is 26.2. The first-order valence-electron chi connectivity index (χ1n) is 7.49. The van der Waals surface area contributed by atoms with Gasteiger partial charge >= 0.3 is 0 Å². The number of amides is 2. The molecule has 2 amide bonds. The van der Waals surface area contributed by atoms with Crippen LogP contribution >= 0.6 is 12.4 Å². The number of rotatable bonds is 4. The molecule has 1 aliphatic rings. The van der Waals surface area contributed by atoms with Crippen LogP contribution in [-0.4, -0.2) is 35.8 Å². The highest BCUT2D eigenvalue weighted by Crippen LogP contribution is 2.12. The first-order valence-corrected chi connectivity index (χ1v) is 7.49. The van der Waals surface area contributed by atoms with Gasteiger partial charge in [-0.3, -0.25) is 9.59 Å². The van der Waals surface area contributed by atoms with Crippen molar-refractivity contribution in [3.05, 3.63) is 35.9 Å². The summed E-state index contributed by atoms with van der Waals surface area (Å²) in [6, 6.07) is 7.88. The second kappa shape index (κ2) is 8.76. The fourth-order valence-electron chi connectivity index (χ4n) is 2.56. The summed E-state index contributed by atoms with van der Waals surface area (Å²) in [6.45, 7) is 3.28. The molecule has 0 spiro atoms. The van der Waals surface area contributed by atoms with E-state index in [0.29, 0.717) is 0 Å². The number of carbonyl (C=O) groups is 2. The maximum Gasteiger partial charge on any atom is 0.244 e. The number of hydrogen-bond acceptors (Lipinski definition) is 3. The lowest BCUT2D eigenvalue weighted by atomic mass is 10.1. The highest BCUT2D eigenvalue weighted by atomic mass is 35.5. The molecule has 5 nitrogen and oxygen atoms in total. The van der Waals surface area contributed by atoms with Crippen LogP contribution in [0, 0.1) is 0 Å². The molecule has 0 bridgehead atoms. The minimum atomic E-state index is -0.747. The second-order valence-corrected chi connectivity index (χ2v) is 5.50. The Balaban J connectivity index is 0.00000242. The lowest BCUT2D eigenvalue weighted by molar-refractivity contribution is -0.137. The summed E-state index contributed by atoms with van der Waals surface area (Å²) in [6.07, 6.45) is 3.25. The molecular formula is C16H24ClN3O2. The van der Waals surface area contributed by atoms with Crippen LogP contribution in [0.2, 0.25) is 0 Å². The normalized spacial score (nSPS) is 17.1. The third-order valence-electron chi connectivity index (χ3n) is 3.84. The predicted molar refractivity (Wildman–Crippen MR) is 88.7 cm³/mol. The van der Waals surface area contributed by atoms with E-state index in [1.807, 2.05) is 23.1 Å². The van der Waals surface area contributed by atoms with Crippen molar-refractivity contribution >= 4 is 24.2 Å². The molecule has 1 aromatic carbocycles. The molecule has 6 heteroatoms. The summed E-state index contributed by atoms with van der Waals surface area (Å²) in [7, 11) is 0. The molecule has 2 unspecified atom stereocenters. The van der Waals surface area contributed by atoms with Gasteiger partial charge in [-0.25, -0.2) is 0 Å². The Labute approximate surface area is 137 Å². The molecule has 1 fully saturated rings. The Morgan fingerprint density at radius 1 is 1.14 bits per heavy atom. The second-order valence-electron chi connectivity index (χ2n) is 5.50. The topological polar surface area (TPSA) is 75.4 Å². The van der Waals surface area contributed by atoms with Crippen LogP contribution in [0.25, 0.3) is 0 Å². The van der Waals surface area contributed by atoms with Gasteiger partial charge in [-0.2, -0.15) is 0 Å². The summed E-state index contributed by atoms with van der Waals surface area (Å²) in [5, 5.41) is 2.72. The third kappa shape index (κ3) is 4.71. The highest BCUT2D eigenvalue weighted by Gasteiger charge is 2.25. The van der Waals surface area contributed by atoms with E-state index >= 15 is 0 Å². The van der Waals surface area contributed by atoms with Crippen LogP contribution in [0.1, 0.15) is 37.8 Å². The molecule has 22 heavy (non-hydrogen) atoms. The minimum absolute atomic E-state index is 0. The molecule has 0 aromatic heterocycles. The number of nitrogens with two attached hydrogens (primary N) is 1. The van der Waals surface area contributed by atoms with Crippen LogP contribution in [0.4, 0.5) is 0 Å². The van der Waals surface area contributed by atoms with E-state index in [1.165, 1.54) is 6.42 Å². The lowest BCUT2D eigenvalue weighted by Gasteiger charge is -2.29. The Morgan fingerprint density at radius 3 is 2.32 bits per heavy atom. The molecular weight excluding hydrogens is 302 g/mol. The zero-order valence-electron chi connectivity index (χ0n) is 12.8. The van der Waals surface area contributed by atoms with Crippen LogP contribution in [0.15, 0.2) is 30.3 Å². The quantitative estimate of drug-likeness (QED) is 0.883. The van der Waals surface area contributed by atoms with Crippen molar-refractivity contribution in [2.75, 3.05) is 13.1 Å². The first-order chi connectivity index (χ1) is 10.1. The lowest BCUT2D eigenvalue weighted by Crippen LogP contribution is -2.50. The SMILES string of the molecule is CC(NC(=O)C(N)c1ccccc1)C(=O)N1CCCCC1.Cl. The van der Waals surface area contributed by atoms with Gasteiger partial charge in [0, 0.05) is 13.1 Å². The molecule has 2 rings (SSSR count). The van der Waals surface area contributed by atoms with Gasteiger partial charge in [0.1, 0.15) is 12.1 Å². The summed E-state index contributed by atoms with van der Waals surface area (Å²) in [5.74, 6) is -0.345. The van der Waals surface area contributed by atoms with Crippen molar-refractivity contribution in [1.29, 1.82) is 0 Å². The van der Waals surface area contributed by atoms with Crippen molar-refractivity contribution in [3.63, 3.8) is 0 Å². The molecule has 2 atom stereocenters. The van der Waals surface area contributed by atoms with E-state index in [4.69, 9.17) is 5.73 Å². The van der Waals surface area contributed by atoms with E-state index in [1.54, 1.807) is 19.1 Å². The van der Waals surface area contributed by atoms with Gasteiger partial charge in [0.15, 0.2) is 0 Å². The van der Waals surface area contributed by atoms with Gasteiger partial charge in [0.25, 0.3) is 0 Å². The average Bonchev–Trinajstić information content (AvgIpc) is 2.55. The standard InChI is InChI=1S/C16H23N3O2.ClH/c1-12(16(21)19-10-6-3-7-11-19)18-15(20)14(17)13-8-4-2-5-9-13;/h2,4-5,8-9,12,14H,3,6-7,10-11,17H2,1H3,(H,18,20);1H. The highest BCUT2D eigenvalue weighted by molar-refractivity contribution is 5.90. The molecule has 122 valence electrons. The first kappa shape index (κ1) is 18.5. The Kier molecular flexibility index (Phi) is 7.35. The Hall–Kier alpha value is -1.59. The maximum absolute atomic E-state index is 12.3. The number of piperidine rings is 1.